The summed E-state index contributed by atoms with van der Waals surface area (Å²) in [6.45, 7) is 6.74. The Morgan fingerprint density at radius 1 is 1.15 bits per heavy atom. The molecule has 26 heavy (non-hydrogen) atoms. The molecule has 2 heterocycles. The minimum absolute atomic E-state index is 0.0956. The molecule has 1 aromatic carbocycles. The van der Waals surface area contributed by atoms with Gasteiger partial charge in [0, 0.05) is 6.92 Å². The van der Waals surface area contributed by atoms with Gasteiger partial charge in [-0.3, -0.25) is 14.4 Å². The van der Waals surface area contributed by atoms with Crippen molar-refractivity contribution >= 4 is 35.1 Å². The largest absolute Gasteiger partial charge is 0.461 e. The fourth-order valence-corrected chi connectivity index (χ4v) is 3.17. The number of aryl methyl sites for hydroxylation is 2. The summed E-state index contributed by atoms with van der Waals surface area (Å²) in [5, 5.41) is 4.81. The Morgan fingerprint density at radius 2 is 1.85 bits per heavy atom. The molecular weight excluding hydrogens is 338 g/mol. The Bertz CT molecular complexity index is 860. The number of imide groups is 1. The highest BCUT2D eigenvalue weighted by molar-refractivity contribution is 6.47. The zero-order valence-electron chi connectivity index (χ0n) is 15.0. The zero-order valence-corrected chi connectivity index (χ0v) is 15.0. The molecule has 1 aromatic rings. The standard InChI is InChI=1S/C18H19N3O5/c1-5-26-18(25)14-13-15(21(19-14)11(4)22)17(24)20(16(13)23)12-7-6-9(2)10(3)8-12/h6-8,13,15H,5H2,1-4H3/t13-,15-/m0/s1. The molecule has 0 unspecified atom stereocenters. The maximum Gasteiger partial charge on any atom is 0.355 e. The number of anilines is 1. The molecular formula is C18H19N3O5. The molecule has 1 saturated heterocycles. The van der Waals surface area contributed by atoms with Crippen LogP contribution < -0.4 is 4.90 Å². The molecule has 3 rings (SSSR count). The summed E-state index contributed by atoms with van der Waals surface area (Å²) in [5.41, 5.74) is 2.14. The summed E-state index contributed by atoms with van der Waals surface area (Å²) in [6, 6.07) is 4.05. The minimum Gasteiger partial charge on any atom is -0.461 e. The van der Waals surface area contributed by atoms with Gasteiger partial charge in [-0.1, -0.05) is 6.07 Å². The van der Waals surface area contributed by atoms with E-state index < -0.39 is 35.7 Å². The Hall–Kier alpha value is -3.03. The first kappa shape index (κ1) is 17.8. The summed E-state index contributed by atoms with van der Waals surface area (Å²) in [6.07, 6.45) is 0. The molecule has 0 bridgehead atoms. The fraction of sp³-hybridized carbons (Fsp3) is 0.389. The van der Waals surface area contributed by atoms with E-state index in [0.29, 0.717) is 5.69 Å². The van der Waals surface area contributed by atoms with Crippen LogP contribution >= 0.6 is 0 Å². The SMILES string of the molecule is CCOC(=O)C1=NN(C(C)=O)[C@@H]2C(=O)N(c3ccc(C)c(C)c3)C(=O)[C@@H]12. The first-order valence-electron chi connectivity index (χ1n) is 8.28. The number of carbonyl (C=O) groups excluding carboxylic acids is 4. The molecule has 8 heteroatoms. The first-order chi connectivity index (χ1) is 12.3. The normalized spacial score (nSPS) is 21.8. The zero-order chi connectivity index (χ0) is 19.2. The molecule has 136 valence electrons. The highest BCUT2D eigenvalue weighted by Gasteiger charge is 2.59. The van der Waals surface area contributed by atoms with Crippen molar-refractivity contribution in [2.75, 3.05) is 11.5 Å². The van der Waals surface area contributed by atoms with Gasteiger partial charge in [0.1, 0.15) is 5.92 Å². The topological polar surface area (TPSA) is 96.3 Å². The van der Waals surface area contributed by atoms with Gasteiger partial charge < -0.3 is 4.74 Å². The summed E-state index contributed by atoms with van der Waals surface area (Å²) in [5.74, 6) is -3.64. The Kier molecular flexibility index (Phi) is 4.35. The van der Waals surface area contributed by atoms with E-state index in [4.69, 9.17) is 4.74 Å². The van der Waals surface area contributed by atoms with Crippen LogP contribution in [-0.2, 0) is 23.9 Å². The van der Waals surface area contributed by atoms with E-state index in [9.17, 15) is 19.2 Å². The van der Waals surface area contributed by atoms with E-state index in [1.807, 2.05) is 19.9 Å². The van der Waals surface area contributed by atoms with Crippen LogP contribution in [-0.4, -0.2) is 47.1 Å². The van der Waals surface area contributed by atoms with Crippen molar-refractivity contribution in [2.45, 2.75) is 33.7 Å². The maximum atomic E-state index is 13.0. The van der Waals surface area contributed by atoms with Crippen molar-refractivity contribution in [2.24, 2.45) is 11.0 Å². The summed E-state index contributed by atoms with van der Waals surface area (Å²) in [4.78, 5) is 51.0. The van der Waals surface area contributed by atoms with Crippen LogP contribution in [0, 0.1) is 19.8 Å². The molecule has 2 aliphatic rings. The van der Waals surface area contributed by atoms with Crippen LogP contribution in [0.25, 0.3) is 0 Å². The van der Waals surface area contributed by atoms with Crippen molar-refractivity contribution in [3.8, 4) is 0 Å². The average molecular weight is 357 g/mol. The van der Waals surface area contributed by atoms with Crippen LogP contribution in [0.2, 0.25) is 0 Å². The van der Waals surface area contributed by atoms with Gasteiger partial charge in [-0.05, 0) is 44.0 Å². The molecule has 0 saturated carbocycles. The predicted octanol–water partition coefficient (Wildman–Crippen LogP) is 0.943. The van der Waals surface area contributed by atoms with E-state index in [2.05, 4.69) is 5.10 Å². The van der Waals surface area contributed by atoms with Gasteiger partial charge in [-0.2, -0.15) is 5.10 Å². The third-order valence-electron chi connectivity index (χ3n) is 4.61. The Morgan fingerprint density at radius 3 is 2.42 bits per heavy atom. The number of rotatable bonds is 3. The lowest BCUT2D eigenvalue weighted by molar-refractivity contribution is -0.136. The summed E-state index contributed by atoms with van der Waals surface area (Å²) < 4.78 is 4.93. The van der Waals surface area contributed by atoms with Gasteiger partial charge in [0.15, 0.2) is 11.8 Å². The van der Waals surface area contributed by atoms with Crippen LogP contribution in [0.5, 0.6) is 0 Å². The van der Waals surface area contributed by atoms with Gasteiger partial charge in [0.2, 0.25) is 11.8 Å². The Balaban J connectivity index is 2.05. The number of fused-ring (bicyclic) bond motifs is 1. The van der Waals surface area contributed by atoms with Gasteiger partial charge in [-0.25, -0.2) is 14.7 Å². The number of carbonyl (C=O) groups is 4. The van der Waals surface area contributed by atoms with Crippen LogP contribution in [0.15, 0.2) is 23.3 Å². The number of ether oxygens (including phenoxy) is 1. The molecule has 8 nitrogen and oxygen atoms in total. The van der Waals surface area contributed by atoms with E-state index >= 15 is 0 Å². The molecule has 2 aliphatic heterocycles. The van der Waals surface area contributed by atoms with E-state index in [1.165, 1.54) is 6.92 Å². The monoisotopic (exact) mass is 357 g/mol. The lowest BCUT2D eigenvalue weighted by atomic mass is 9.98. The minimum atomic E-state index is -1.15. The number of hydrazone groups is 1. The van der Waals surface area contributed by atoms with E-state index in [0.717, 1.165) is 21.0 Å². The number of hydrogen-bond donors (Lipinski definition) is 0. The highest BCUT2D eigenvalue weighted by atomic mass is 16.5. The van der Waals surface area contributed by atoms with E-state index in [1.54, 1.807) is 19.1 Å². The van der Waals surface area contributed by atoms with Crippen LogP contribution in [0.1, 0.15) is 25.0 Å². The molecule has 0 aromatic heterocycles. The lowest BCUT2D eigenvalue weighted by Crippen LogP contribution is -2.41. The van der Waals surface area contributed by atoms with Crippen LogP contribution in [0.3, 0.4) is 0 Å². The van der Waals surface area contributed by atoms with Crippen molar-refractivity contribution in [3.05, 3.63) is 29.3 Å². The van der Waals surface area contributed by atoms with Gasteiger partial charge >= 0.3 is 5.97 Å². The quantitative estimate of drug-likeness (QED) is 0.593. The molecule has 0 radical (unpaired) electrons. The molecule has 3 amide bonds. The lowest BCUT2D eigenvalue weighted by Gasteiger charge is -2.19. The fourth-order valence-electron chi connectivity index (χ4n) is 3.17. The molecule has 1 fully saturated rings. The molecule has 2 atom stereocenters. The summed E-state index contributed by atoms with van der Waals surface area (Å²) in [7, 11) is 0. The van der Waals surface area contributed by atoms with Crippen molar-refractivity contribution < 1.29 is 23.9 Å². The van der Waals surface area contributed by atoms with Gasteiger partial charge in [0.05, 0.1) is 12.3 Å². The van der Waals surface area contributed by atoms with Crippen molar-refractivity contribution in [1.82, 2.24) is 5.01 Å². The molecule has 0 N–H and O–H groups in total. The smallest absolute Gasteiger partial charge is 0.355 e. The number of benzene rings is 1. The number of nitrogens with zero attached hydrogens (tertiary/aromatic N) is 3. The number of amides is 3. The van der Waals surface area contributed by atoms with Gasteiger partial charge in [-0.15, -0.1) is 0 Å². The van der Waals surface area contributed by atoms with Crippen molar-refractivity contribution in [1.29, 1.82) is 0 Å². The first-order valence-corrected chi connectivity index (χ1v) is 8.28. The Labute approximate surface area is 150 Å². The number of esters is 1. The highest BCUT2D eigenvalue weighted by Crippen LogP contribution is 2.36. The van der Waals surface area contributed by atoms with Gasteiger partial charge in [0.25, 0.3) is 5.91 Å². The third kappa shape index (κ3) is 2.58. The van der Waals surface area contributed by atoms with E-state index in [-0.39, 0.29) is 12.3 Å². The number of hydrogen-bond acceptors (Lipinski definition) is 6. The second kappa shape index (κ2) is 6.36. The third-order valence-corrected chi connectivity index (χ3v) is 4.61. The second-order valence-electron chi connectivity index (χ2n) is 6.27. The average Bonchev–Trinajstić information content (AvgIpc) is 3.09. The second-order valence-corrected chi connectivity index (χ2v) is 6.27. The van der Waals surface area contributed by atoms with Crippen molar-refractivity contribution in [3.63, 3.8) is 0 Å². The maximum absolute atomic E-state index is 13.0. The summed E-state index contributed by atoms with van der Waals surface area (Å²) >= 11 is 0. The predicted molar refractivity (Wildman–Crippen MR) is 92.3 cm³/mol. The molecule has 0 spiro atoms. The van der Waals surface area contributed by atoms with Crippen LogP contribution in [0.4, 0.5) is 5.69 Å². The molecule has 0 aliphatic carbocycles.